The lowest BCUT2D eigenvalue weighted by Crippen LogP contribution is -2.21. The highest BCUT2D eigenvalue weighted by Gasteiger charge is 2.24. The molecule has 2 atom stereocenters. The largest absolute Gasteiger partial charge is 0.393 e. The number of aromatic nitrogens is 1. The Balaban J connectivity index is 3.15. The Morgan fingerprint density at radius 2 is 2.00 bits per heavy atom. The van der Waals surface area contributed by atoms with Crippen LogP contribution in [0.25, 0.3) is 0 Å². The normalized spacial score (nSPS) is 14.7. The monoisotopic (exact) mass is 238 g/mol. The van der Waals surface area contributed by atoms with E-state index in [1.54, 1.807) is 19.9 Å². The average Bonchev–Trinajstić information content (AvgIpc) is 2.15. The quantitative estimate of drug-likeness (QED) is 0.645. The van der Waals surface area contributed by atoms with Gasteiger partial charge in [0.2, 0.25) is 0 Å². The first-order valence-electron chi connectivity index (χ1n) is 5.63. The molecule has 0 saturated heterocycles. The number of nitro groups is 1. The van der Waals surface area contributed by atoms with Gasteiger partial charge in [-0.2, -0.15) is 0 Å². The van der Waals surface area contributed by atoms with Crippen molar-refractivity contribution < 1.29 is 10.0 Å². The third-order valence-corrected chi connectivity index (χ3v) is 2.88. The molecule has 2 unspecified atom stereocenters. The van der Waals surface area contributed by atoms with Gasteiger partial charge in [0.15, 0.2) is 0 Å². The SMILES string of the molecule is Cc1cc(C(C(C)C)C(C)O)ncc1[N+](=O)[O-]. The van der Waals surface area contributed by atoms with Gasteiger partial charge >= 0.3 is 0 Å². The molecule has 0 radical (unpaired) electrons. The molecule has 5 nitrogen and oxygen atoms in total. The van der Waals surface area contributed by atoms with E-state index in [4.69, 9.17) is 0 Å². The number of hydrogen-bond donors (Lipinski definition) is 1. The number of nitrogens with zero attached hydrogens (tertiary/aromatic N) is 2. The molecule has 1 aromatic heterocycles. The number of pyridine rings is 1. The topological polar surface area (TPSA) is 76.3 Å². The molecular weight excluding hydrogens is 220 g/mol. The highest BCUT2D eigenvalue weighted by molar-refractivity contribution is 5.38. The molecule has 5 heteroatoms. The number of aliphatic hydroxyl groups is 1. The van der Waals surface area contributed by atoms with Crippen molar-refractivity contribution in [2.45, 2.75) is 39.7 Å². The number of rotatable bonds is 4. The second-order valence-corrected chi connectivity index (χ2v) is 4.66. The Kier molecular flexibility index (Phi) is 4.17. The van der Waals surface area contributed by atoms with Crippen molar-refractivity contribution >= 4 is 5.69 Å². The summed E-state index contributed by atoms with van der Waals surface area (Å²) in [4.78, 5) is 14.3. The van der Waals surface area contributed by atoms with Gasteiger partial charge in [-0.05, 0) is 25.8 Å². The molecule has 17 heavy (non-hydrogen) atoms. The molecule has 0 aliphatic heterocycles. The van der Waals surface area contributed by atoms with E-state index in [0.29, 0.717) is 11.3 Å². The van der Waals surface area contributed by atoms with E-state index in [2.05, 4.69) is 4.98 Å². The highest BCUT2D eigenvalue weighted by atomic mass is 16.6. The lowest BCUT2D eigenvalue weighted by molar-refractivity contribution is -0.385. The molecule has 0 aromatic carbocycles. The minimum absolute atomic E-state index is 0.0156. The van der Waals surface area contributed by atoms with Crippen LogP contribution in [-0.2, 0) is 0 Å². The van der Waals surface area contributed by atoms with Gasteiger partial charge in [0.1, 0.15) is 6.20 Å². The summed E-state index contributed by atoms with van der Waals surface area (Å²) < 4.78 is 0. The molecule has 0 aliphatic carbocycles. The van der Waals surface area contributed by atoms with Crippen molar-refractivity contribution in [2.75, 3.05) is 0 Å². The van der Waals surface area contributed by atoms with E-state index in [-0.39, 0.29) is 17.5 Å². The lowest BCUT2D eigenvalue weighted by atomic mass is 9.87. The van der Waals surface area contributed by atoms with E-state index >= 15 is 0 Å². The van der Waals surface area contributed by atoms with Crippen LogP contribution >= 0.6 is 0 Å². The summed E-state index contributed by atoms with van der Waals surface area (Å²) in [5.74, 6) is 0.123. The molecule has 1 heterocycles. The Morgan fingerprint density at radius 3 is 2.35 bits per heavy atom. The molecular formula is C12H18N2O3. The predicted molar refractivity (Wildman–Crippen MR) is 64.9 cm³/mol. The van der Waals surface area contributed by atoms with Crippen LogP contribution in [0.4, 0.5) is 5.69 Å². The third-order valence-electron chi connectivity index (χ3n) is 2.88. The van der Waals surface area contributed by atoms with E-state index < -0.39 is 11.0 Å². The fraction of sp³-hybridized carbons (Fsp3) is 0.583. The molecule has 0 amide bonds. The summed E-state index contributed by atoms with van der Waals surface area (Å²) in [5.41, 5.74) is 1.30. The van der Waals surface area contributed by atoms with Gasteiger partial charge in [-0.3, -0.25) is 15.1 Å². The zero-order valence-electron chi connectivity index (χ0n) is 10.5. The molecule has 0 spiro atoms. The zero-order valence-corrected chi connectivity index (χ0v) is 10.5. The molecule has 94 valence electrons. The van der Waals surface area contributed by atoms with Crippen LogP contribution in [0.3, 0.4) is 0 Å². The summed E-state index contributed by atoms with van der Waals surface area (Å²) in [6.07, 6.45) is 0.742. The second-order valence-electron chi connectivity index (χ2n) is 4.66. The second kappa shape index (κ2) is 5.23. The van der Waals surface area contributed by atoms with Gasteiger partial charge in [-0.25, -0.2) is 0 Å². The van der Waals surface area contributed by atoms with Crippen LogP contribution < -0.4 is 0 Å². The van der Waals surface area contributed by atoms with E-state index in [1.807, 2.05) is 13.8 Å². The maximum absolute atomic E-state index is 10.7. The highest BCUT2D eigenvalue weighted by Crippen LogP contribution is 2.29. The van der Waals surface area contributed by atoms with E-state index in [9.17, 15) is 15.2 Å². The summed E-state index contributed by atoms with van der Waals surface area (Å²) in [7, 11) is 0. The number of hydrogen-bond acceptors (Lipinski definition) is 4. The van der Waals surface area contributed by atoms with Crippen LogP contribution in [0.1, 0.15) is 37.9 Å². The Bertz CT molecular complexity index is 408. The van der Waals surface area contributed by atoms with Gasteiger partial charge < -0.3 is 5.11 Å². The maximum Gasteiger partial charge on any atom is 0.290 e. The van der Waals surface area contributed by atoms with Gasteiger partial charge in [0.25, 0.3) is 5.69 Å². The smallest absolute Gasteiger partial charge is 0.290 e. The van der Waals surface area contributed by atoms with Crippen molar-refractivity contribution in [2.24, 2.45) is 5.92 Å². The van der Waals surface area contributed by atoms with Crippen LogP contribution in [0.2, 0.25) is 0 Å². The summed E-state index contributed by atoms with van der Waals surface area (Å²) >= 11 is 0. The minimum Gasteiger partial charge on any atom is -0.393 e. The molecule has 1 aromatic rings. The molecule has 0 bridgehead atoms. The van der Waals surface area contributed by atoms with Crippen LogP contribution in [0, 0.1) is 23.0 Å². The number of aliphatic hydroxyl groups excluding tert-OH is 1. The van der Waals surface area contributed by atoms with Gasteiger partial charge in [-0.15, -0.1) is 0 Å². The fourth-order valence-corrected chi connectivity index (χ4v) is 2.09. The van der Waals surface area contributed by atoms with Crippen LogP contribution in [0.5, 0.6) is 0 Å². The minimum atomic E-state index is -0.525. The Morgan fingerprint density at radius 1 is 1.41 bits per heavy atom. The first kappa shape index (κ1) is 13.6. The molecule has 0 aliphatic rings. The zero-order chi connectivity index (χ0) is 13.2. The predicted octanol–water partition coefficient (Wildman–Crippen LogP) is 2.42. The average molecular weight is 238 g/mol. The molecule has 0 saturated carbocycles. The van der Waals surface area contributed by atoms with Crippen LogP contribution in [-0.4, -0.2) is 21.1 Å². The van der Waals surface area contributed by atoms with Crippen molar-refractivity contribution in [3.63, 3.8) is 0 Å². The standard InChI is InChI=1S/C12H18N2O3/c1-7(2)12(9(4)15)10-5-8(3)11(6-13-10)14(16)17/h5-7,9,12,15H,1-4H3. The maximum atomic E-state index is 10.7. The fourth-order valence-electron chi connectivity index (χ4n) is 2.09. The third kappa shape index (κ3) is 3.00. The Labute approximate surface area is 101 Å². The van der Waals surface area contributed by atoms with Crippen molar-refractivity contribution in [1.82, 2.24) is 4.98 Å². The van der Waals surface area contributed by atoms with Crippen molar-refractivity contribution in [1.29, 1.82) is 0 Å². The molecule has 1 N–H and O–H groups in total. The summed E-state index contributed by atoms with van der Waals surface area (Å²) in [5, 5.41) is 20.4. The van der Waals surface area contributed by atoms with Crippen molar-refractivity contribution in [3.8, 4) is 0 Å². The van der Waals surface area contributed by atoms with Crippen LogP contribution in [0.15, 0.2) is 12.3 Å². The van der Waals surface area contributed by atoms with Gasteiger partial charge in [0, 0.05) is 17.2 Å². The molecule has 0 fully saturated rings. The van der Waals surface area contributed by atoms with Gasteiger partial charge in [0.05, 0.1) is 11.0 Å². The number of aryl methyl sites for hydroxylation is 1. The first-order valence-corrected chi connectivity index (χ1v) is 5.63. The van der Waals surface area contributed by atoms with E-state index in [1.165, 1.54) is 6.20 Å². The van der Waals surface area contributed by atoms with E-state index in [0.717, 1.165) is 0 Å². The summed E-state index contributed by atoms with van der Waals surface area (Å²) in [6.45, 7) is 7.39. The summed E-state index contributed by atoms with van der Waals surface area (Å²) in [6, 6.07) is 1.69. The first-order chi connectivity index (χ1) is 7.84. The lowest BCUT2D eigenvalue weighted by Gasteiger charge is -2.23. The Hall–Kier alpha value is -1.49. The van der Waals surface area contributed by atoms with Gasteiger partial charge in [-0.1, -0.05) is 13.8 Å². The van der Waals surface area contributed by atoms with Crippen molar-refractivity contribution in [3.05, 3.63) is 33.6 Å². The molecule has 1 rings (SSSR count).